The lowest BCUT2D eigenvalue weighted by Crippen LogP contribution is -2.31. The molecule has 1 aliphatic heterocycles. The van der Waals surface area contributed by atoms with Crippen LogP contribution >= 0.6 is 47.8 Å². The second-order valence-corrected chi connectivity index (χ2v) is 6.15. The van der Waals surface area contributed by atoms with Crippen LogP contribution in [0.4, 0.5) is 5.69 Å². The van der Waals surface area contributed by atoms with Crippen LogP contribution in [0.2, 0.25) is 0 Å². The number of carbonyl (C=O) groups excluding carboxylic acids is 2. The topological polar surface area (TPSA) is 37.4 Å². The fourth-order valence-corrected chi connectivity index (χ4v) is 4.16. The van der Waals surface area contributed by atoms with Crippen LogP contribution in [0.5, 0.6) is 0 Å². The number of amides is 2. The predicted octanol–water partition coefficient (Wildman–Crippen LogP) is 3.79. The molecule has 0 bridgehead atoms. The molecule has 0 N–H and O–H groups in total. The van der Waals surface area contributed by atoms with Crippen LogP contribution in [0, 0.1) is 0 Å². The molecule has 0 atom stereocenters. The van der Waals surface area contributed by atoms with E-state index in [-0.39, 0.29) is 11.8 Å². The number of nitrogens with zero attached hydrogens (tertiary/aromatic N) is 1. The van der Waals surface area contributed by atoms with Gasteiger partial charge in [0.1, 0.15) is 0 Å². The van der Waals surface area contributed by atoms with Crippen LogP contribution in [0.1, 0.15) is 6.92 Å². The summed E-state index contributed by atoms with van der Waals surface area (Å²) in [7, 11) is 0. The van der Waals surface area contributed by atoms with Gasteiger partial charge in [0.05, 0.1) is 5.69 Å². The lowest BCUT2D eigenvalue weighted by Gasteiger charge is -2.18. The summed E-state index contributed by atoms with van der Waals surface area (Å²) >= 11 is 10.0. The minimum Gasteiger partial charge on any atom is -0.269 e. The van der Waals surface area contributed by atoms with E-state index in [1.807, 2.05) is 0 Å². The molecule has 1 aliphatic rings. The maximum atomic E-state index is 11.9. The fraction of sp³-hybridized carbons (Fsp3) is 0.0909. The highest BCUT2D eigenvalue weighted by atomic mass is 79.9. The van der Waals surface area contributed by atoms with E-state index in [2.05, 4.69) is 47.8 Å². The van der Waals surface area contributed by atoms with Crippen molar-refractivity contribution in [2.24, 2.45) is 0 Å². The zero-order chi connectivity index (χ0) is 12.7. The average Bonchev–Trinajstić information content (AvgIpc) is 2.43. The van der Waals surface area contributed by atoms with Gasteiger partial charge in [0.25, 0.3) is 11.8 Å². The molecule has 17 heavy (non-hydrogen) atoms. The second-order valence-electron chi connectivity index (χ2n) is 3.52. The molecular formula is C11H6Br3NO2. The van der Waals surface area contributed by atoms with Crippen LogP contribution in [0.25, 0.3) is 0 Å². The first-order chi connectivity index (χ1) is 7.91. The zero-order valence-electron chi connectivity index (χ0n) is 8.63. The quantitative estimate of drug-likeness (QED) is 0.644. The Kier molecular flexibility index (Phi) is 3.56. The van der Waals surface area contributed by atoms with Crippen LogP contribution in [0.15, 0.2) is 37.2 Å². The van der Waals surface area contributed by atoms with Crippen LogP contribution in [0.3, 0.4) is 0 Å². The van der Waals surface area contributed by atoms with E-state index in [1.165, 1.54) is 6.08 Å². The third-order valence-electron chi connectivity index (χ3n) is 2.31. The molecule has 2 amide bonds. The molecule has 0 spiro atoms. The molecule has 0 aliphatic carbocycles. The molecule has 6 heteroatoms. The van der Waals surface area contributed by atoms with Crippen LogP contribution in [-0.2, 0) is 9.59 Å². The maximum absolute atomic E-state index is 11.9. The Labute approximate surface area is 123 Å². The highest BCUT2D eigenvalue weighted by Crippen LogP contribution is 2.39. The molecule has 2 rings (SSSR count). The van der Waals surface area contributed by atoms with Gasteiger partial charge in [-0.15, -0.1) is 0 Å². The minimum absolute atomic E-state index is 0.293. The molecule has 0 unspecified atom stereocenters. The first-order valence-electron chi connectivity index (χ1n) is 4.63. The predicted molar refractivity (Wildman–Crippen MR) is 75.8 cm³/mol. The number of imide groups is 1. The van der Waals surface area contributed by atoms with Crippen molar-refractivity contribution in [2.75, 3.05) is 4.90 Å². The summed E-state index contributed by atoms with van der Waals surface area (Å²) in [4.78, 5) is 24.8. The normalized spacial score (nSPS) is 15.5. The van der Waals surface area contributed by atoms with E-state index in [0.717, 1.165) is 9.37 Å². The summed E-state index contributed by atoms with van der Waals surface area (Å²) in [5.41, 5.74) is 0.966. The van der Waals surface area contributed by atoms with E-state index < -0.39 is 0 Å². The molecule has 0 radical (unpaired) electrons. The molecule has 1 aromatic carbocycles. The Morgan fingerprint density at radius 3 is 2.00 bits per heavy atom. The number of hydrogen-bond acceptors (Lipinski definition) is 2. The first kappa shape index (κ1) is 13.0. The zero-order valence-corrected chi connectivity index (χ0v) is 13.4. The molecule has 0 saturated carbocycles. The Morgan fingerprint density at radius 1 is 1.06 bits per heavy atom. The van der Waals surface area contributed by atoms with Gasteiger partial charge in [-0.1, -0.05) is 15.9 Å². The van der Waals surface area contributed by atoms with Crippen molar-refractivity contribution >= 4 is 65.3 Å². The van der Waals surface area contributed by atoms with Gasteiger partial charge >= 0.3 is 0 Å². The molecule has 1 aromatic rings. The van der Waals surface area contributed by atoms with Gasteiger partial charge in [0.2, 0.25) is 0 Å². The monoisotopic (exact) mass is 421 g/mol. The molecule has 0 aromatic heterocycles. The third kappa shape index (κ3) is 2.26. The lowest BCUT2D eigenvalue weighted by molar-refractivity contribution is -0.120. The van der Waals surface area contributed by atoms with E-state index in [9.17, 15) is 9.59 Å². The van der Waals surface area contributed by atoms with Crippen molar-refractivity contribution in [3.05, 3.63) is 37.2 Å². The van der Waals surface area contributed by atoms with E-state index >= 15 is 0 Å². The molecule has 88 valence electrons. The maximum Gasteiger partial charge on any atom is 0.261 e. The summed E-state index contributed by atoms with van der Waals surface area (Å²) < 4.78 is 2.19. The van der Waals surface area contributed by atoms with Gasteiger partial charge in [-0.3, -0.25) is 9.59 Å². The van der Waals surface area contributed by atoms with Crippen molar-refractivity contribution in [2.45, 2.75) is 6.92 Å². The van der Waals surface area contributed by atoms with Crippen molar-refractivity contribution < 1.29 is 9.59 Å². The summed E-state index contributed by atoms with van der Waals surface area (Å²) in [5.74, 6) is -0.616. The number of halogens is 3. The van der Waals surface area contributed by atoms with Gasteiger partial charge < -0.3 is 0 Å². The lowest BCUT2D eigenvalue weighted by atomic mass is 10.3. The van der Waals surface area contributed by atoms with Crippen LogP contribution in [-0.4, -0.2) is 11.8 Å². The van der Waals surface area contributed by atoms with Gasteiger partial charge in [-0.05, 0) is 50.9 Å². The summed E-state index contributed by atoms with van der Waals surface area (Å²) in [6.07, 6.45) is 1.34. The number of anilines is 1. The van der Waals surface area contributed by atoms with Crippen molar-refractivity contribution in [3.63, 3.8) is 0 Å². The molecule has 3 nitrogen and oxygen atoms in total. The largest absolute Gasteiger partial charge is 0.269 e. The minimum atomic E-state index is -0.323. The van der Waals surface area contributed by atoms with Crippen molar-refractivity contribution in [1.82, 2.24) is 0 Å². The molecule has 1 heterocycles. The summed E-state index contributed by atoms with van der Waals surface area (Å²) in [6.45, 7) is 1.63. The van der Waals surface area contributed by atoms with Gasteiger partial charge in [-0.2, -0.15) is 0 Å². The van der Waals surface area contributed by atoms with Crippen molar-refractivity contribution in [1.29, 1.82) is 0 Å². The number of rotatable bonds is 1. The Balaban J connectivity index is 2.57. The molecule has 0 fully saturated rings. The fourth-order valence-electron chi connectivity index (χ4n) is 1.55. The third-order valence-corrected chi connectivity index (χ3v) is 3.97. The SMILES string of the molecule is CC1=CC(=O)N(c2c(Br)cc(Br)cc2Br)C1=O. The Hall–Kier alpha value is -0.460. The van der Waals surface area contributed by atoms with Crippen molar-refractivity contribution in [3.8, 4) is 0 Å². The Bertz CT molecular complexity index is 543. The Morgan fingerprint density at radius 2 is 1.59 bits per heavy atom. The number of benzene rings is 1. The number of hydrogen-bond donors (Lipinski definition) is 0. The first-order valence-corrected chi connectivity index (χ1v) is 7.01. The highest BCUT2D eigenvalue weighted by Gasteiger charge is 2.32. The smallest absolute Gasteiger partial charge is 0.261 e. The van der Waals surface area contributed by atoms with E-state index in [0.29, 0.717) is 20.2 Å². The van der Waals surface area contributed by atoms with Gasteiger partial charge in [0, 0.05) is 25.1 Å². The van der Waals surface area contributed by atoms with Gasteiger partial charge in [0.15, 0.2) is 0 Å². The second kappa shape index (κ2) is 4.66. The van der Waals surface area contributed by atoms with E-state index in [4.69, 9.17) is 0 Å². The highest BCUT2D eigenvalue weighted by molar-refractivity contribution is 9.11. The standard InChI is InChI=1S/C11H6Br3NO2/c1-5-2-9(16)15(11(5)17)10-7(13)3-6(12)4-8(10)14/h2-4H,1H3. The molecule has 0 saturated heterocycles. The molecular weight excluding hydrogens is 418 g/mol. The average molecular weight is 424 g/mol. The summed E-state index contributed by atoms with van der Waals surface area (Å²) in [5, 5.41) is 0. The van der Waals surface area contributed by atoms with E-state index in [1.54, 1.807) is 19.1 Å². The summed E-state index contributed by atoms with van der Waals surface area (Å²) in [6, 6.07) is 3.57. The number of carbonyl (C=O) groups is 2. The van der Waals surface area contributed by atoms with Crippen LogP contribution < -0.4 is 4.90 Å². The van der Waals surface area contributed by atoms with Gasteiger partial charge in [-0.25, -0.2) is 4.90 Å².